The van der Waals surface area contributed by atoms with Gasteiger partial charge in [-0.15, -0.1) is 0 Å². The van der Waals surface area contributed by atoms with Crippen LogP contribution in [0, 0.1) is 6.92 Å². The first kappa shape index (κ1) is 11.9. The van der Waals surface area contributed by atoms with Crippen molar-refractivity contribution in [2.45, 2.75) is 20.4 Å². The fourth-order valence-corrected chi connectivity index (χ4v) is 2.74. The number of fused-ring (bicyclic) bond motifs is 1. The highest BCUT2D eigenvalue weighted by atomic mass is 32.1. The Bertz CT molecular complexity index is 563. The average Bonchev–Trinajstić information content (AvgIpc) is 2.55. The standard InChI is InChI=1S/C12H14N2O2S/c1-3-16-11(15)7-14-9-5-4-8(2)6-10(9)17-12(14)13/h4-6,13H,3,7H2,1-2H3/p+1. The van der Waals surface area contributed by atoms with Crippen LogP contribution in [0.5, 0.6) is 0 Å². The second-order valence-electron chi connectivity index (χ2n) is 3.80. The number of carbonyl (C=O) groups is 1. The molecule has 0 radical (unpaired) electrons. The van der Waals surface area contributed by atoms with Crippen molar-refractivity contribution in [1.29, 1.82) is 0 Å². The van der Waals surface area contributed by atoms with E-state index >= 15 is 0 Å². The largest absolute Gasteiger partial charge is 0.463 e. The first-order chi connectivity index (χ1) is 8.11. The molecule has 90 valence electrons. The zero-order valence-corrected chi connectivity index (χ0v) is 10.7. The summed E-state index contributed by atoms with van der Waals surface area (Å²) in [6, 6.07) is 6.06. The third-order valence-electron chi connectivity index (χ3n) is 2.48. The molecule has 2 aromatic rings. The Morgan fingerprint density at radius 1 is 1.53 bits per heavy atom. The summed E-state index contributed by atoms with van der Waals surface area (Å²) >= 11 is 1.49. The highest BCUT2D eigenvalue weighted by molar-refractivity contribution is 7.21. The second kappa shape index (κ2) is 4.71. The monoisotopic (exact) mass is 251 g/mol. The van der Waals surface area contributed by atoms with Crippen LogP contribution in [0.25, 0.3) is 10.2 Å². The van der Waals surface area contributed by atoms with Crippen LogP contribution in [-0.2, 0) is 16.1 Å². The fourth-order valence-electron chi connectivity index (χ4n) is 1.71. The van der Waals surface area contributed by atoms with Gasteiger partial charge < -0.3 is 4.74 Å². The minimum absolute atomic E-state index is 0.169. The van der Waals surface area contributed by atoms with E-state index in [9.17, 15) is 4.79 Å². The number of nitrogens with two attached hydrogens (primary N) is 1. The van der Waals surface area contributed by atoms with E-state index in [1.54, 1.807) is 11.5 Å². The predicted octanol–water partition coefficient (Wildman–Crippen LogP) is 1.64. The number of rotatable bonds is 3. The summed E-state index contributed by atoms with van der Waals surface area (Å²) in [5.74, 6) is -0.260. The molecule has 2 N–H and O–H groups in total. The van der Waals surface area contributed by atoms with Gasteiger partial charge in [0.05, 0.1) is 11.3 Å². The van der Waals surface area contributed by atoms with E-state index in [-0.39, 0.29) is 12.5 Å². The highest BCUT2D eigenvalue weighted by Crippen LogP contribution is 2.22. The molecular formula is C12H15N2O2S+. The van der Waals surface area contributed by atoms with Crippen LogP contribution in [0.3, 0.4) is 0 Å². The van der Waals surface area contributed by atoms with E-state index in [2.05, 4.69) is 6.07 Å². The Morgan fingerprint density at radius 3 is 3.00 bits per heavy atom. The number of esters is 1. The number of aromatic nitrogens is 1. The van der Waals surface area contributed by atoms with Crippen LogP contribution in [0.4, 0.5) is 5.13 Å². The molecule has 4 nitrogen and oxygen atoms in total. The minimum atomic E-state index is -0.260. The van der Waals surface area contributed by atoms with E-state index in [0.29, 0.717) is 11.7 Å². The van der Waals surface area contributed by atoms with Gasteiger partial charge in [0.15, 0.2) is 6.54 Å². The number of hydrogen-bond acceptors (Lipinski definition) is 4. The fraction of sp³-hybridized carbons (Fsp3) is 0.333. The lowest BCUT2D eigenvalue weighted by Crippen LogP contribution is -2.39. The lowest BCUT2D eigenvalue weighted by Gasteiger charge is -2.00. The molecule has 0 amide bonds. The first-order valence-corrected chi connectivity index (χ1v) is 6.27. The Kier molecular flexibility index (Phi) is 3.28. The topological polar surface area (TPSA) is 56.2 Å². The molecule has 0 saturated carbocycles. The molecule has 0 fully saturated rings. The third kappa shape index (κ3) is 2.39. The second-order valence-corrected chi connectivity index (χ2v) is 4.86. The normalized spacial score (nSPS) is 10.7. The van der Waals surface area contributed by atoms with Crippen LogP contribution in [0.1, 0.15) is 12.5 Å². The lowest BCUT2D eigenvalue weighted by molar-refractivity contribution is -0.641. The smallest absolute Gasteiger partial charge is 0.348 e. The summed E-state index contributed by atoms with van der Waals surface area (Å²) in [6.45, 7) is 4.38. The molecule has 0 atom stereocenters. The molecule has 0 unspecified atom stereocenters. The number of benzene rings is 1. The van der Waals surface area contributed by atoms with Crippen molar-refractivity contribution in [2.75, 3.05) is 12.3 Å². The van der Waals surface area contributed by atoms with Crippen LogP contribution in [0.15, 0.2) is 18.2 Å². The summed E-state index contributed by atoms with van der Waals surface area (Å²) in [5.41, 5.74) is 8.08. The SMILES string of the molecule is CCOC(=O)C[n+]1c(N)sc2cc(C)ccc21. The summed E-state index contributed by atoms with van der Waals surface area (Å²) in [5, 5.41) is 0.624. The van der Waals surface area contributed by atoms with Crippen molar-refractivity contribution in [2.24, 2.45) is 0 Å². The third-order valence-corrected chi connectivity index (χ3v) is 3.46. The minimum Gasteiger partial charge on any atom is -0.463 e. The van der Waals surface area contributed by atoms with Gasteiger partial charge in [-0.25, -0.2) is 9.36 Å². The Morgan fingerprint density at radius 2 is 2.29 bits per heavy atom. The molecule has 1 heterocycles. The summed E-state index contributed by atoms with van der Waals surface area (Å²) in [4.78, 5) is 11.5. The van der Waals surface area contributed by atoms with Gasteiger partial charge in [0.25, 0.3) is 0 Å². The van der Waals surface area contributed by atoms with Crippen molar-refractivity contribution in [3.63, 3.8) is 0 Å². The van der Waals surface area contributed by atoms with Gasteiger partial charge in [0, 0.05) is 0 Å². The van der Waals surface area contributed by atoms with Crippen LogP contribution < -0.4 is 10.3 Å². The zero-order chi connectivity index (χ0) is 12.4. The molecule has 0 saturated heterocycles. The number of aryl methyl sites for hydroxylation is 1. The number of nitrogens with zero attached hydrogens (tertiary/aromatic N) is 1. The molecule has 17 heavy (non-hydrogen) atoms. The summed E-state index contributed by atoms with van der Waals surface area (Å²) in [6.07, 6.45) is 0. The van der Waals surface area contributed by atoms with Crippen molar-refractivity contribution in [3.05, 3.63) is 23.8 Å². The van der Waals surface area contributed by atoms with Gasteiger partial charge in [-0.1, -0.05) is 6.07 Å². The van der Waals surface area contributed by atoms with Crippen molar-refractivity contribution < 1.29 is 14.1 Å². The number of carbonyl (C=O) groups excluding carboxylic acids is 1. The van der Waals surface area contributed by atoms with E-state index < -0.39 is 0 Å². The Labute approximate surface area is 104 Å². The maximum atomic E-state index is 11.5. The van der Waals surface area contributed by atoms with Gasteiger partial charge in [-0.05, 0) is 42.9 Å². The van der Waals surface area contributed by atoms with Gasteiger partial charge >= 0.3 is 11.1 Å². The summed E-state index contributed by atoms with van der Waals surface area (Å²) < 4.78 is 7.81. The molecule has 0 aliphatic rings. The molecule has 5 heteroatoms. The van der Waals surface area contributed by atoms with E-state index in [1.165, 1.54) is 16.9 Å². The van der Waals surface area contributed by atoms with Crippen molar-refractivity contribution in [1.82, 2.24) is 0 Å². The molecule has 0 bridgehead atoms. The molecule has 1 aromatic heterocycles. The molecule has 1 aromatic carbocycles. The van der Waals surface area contributed by atoms with Gasteiger partial charge in [-0.2, -0.15) is 0 Å². The Hall–Kier alpha value is -1.62. The van der Waals surface area contributed by atoms with Crippen LogP contribution in [-0.4, -0.2) is 12.6 Å². The van der Waals surface area contributed by atoms with Crippen molar-refractivity contribution >= 4 is 32.7 Å². The van der Waals surface area contributed by atoms with Gasteiger partial charge in [-0.3, -0.25) is 5.73 Å². The van der Waals surface area contributed by atoms with E-state index in [0.717, 1.165) is 10.2 Å². The molecule has 0 aliphatic heterocycles. The number of nitrogen functional groups attached to an aromatic ring is 1. The number of hydrogen-bond donors (Lipinski definition) is 1. The zero-order valence-electron chi connectivity index (χ0n) is 9.90. The lowest BCUT2D eigenvalue weighted by atomic mass is 10.2. The molecule has 0 aliphatic carbocycles. The number of anilines is 1. The van der Waals surface area contributed by atoms with E-state index in [4.69, 9.17) is 10.5 Å². The van der Waals surface area contributed by atoms with Gasteiger partial charge in [0.2, 0.25) is 0 Å². The molecule has 0 spiro atoms. The highest BCUT2D eigenvalue weighted by Gasteiger charge is 2.18. The van der Waals surface area contributed by atoms with Crippen LogP contribution >= 0.6 is 11.3 Å². The predicted molar refractivity (Wildman–Crippen MR) is 67.8 cm³/mol. The maximum absolute atomic E-state index is 11.5. The quantitative estimate of drug-likeness (QED) is 0.666. The van der Waals surface area contributed by atoms with Crippen LogP contribution in [0.2, 0.25) is 0 Å². The van der Waals surface area contributed by atoms with Gasteiger partial charge in [0.1, 0.15) is 5.52 Å². The maximum Gasteiger partial charge on any atom is 0.348 e. The number of ether oxygens (including phenoxy) is 1. The van der Waals surface area contributed by atoms with E-state index in [1.807, 2.05) is 19.1 Å². The molecule has 2 rings (SSSR count). The Balaban J connectivity index is 2.39. The number of thiazole rings is 1. The first-order valence-electron chi connectivity index (χ1n) is 5.46. The molecular weight excluding hydrogens is 236 g/mol. The average molecular weight is 251 g/mol. The summed E-state index contributed by atoms with van der Waals surface area (Å²) in [7, 11) is 0. The van der Waals surface area contributed by atoms with Crippen molar-refractivity contribution in [3.8, 4) is 0 Å².